The number of likely N-dealkylation sites (N-methyl/N-ethyl adjacent to an activating group) is 1. The molecule has 0 saturated carbocycles. The fourth-order valence-electron chi connectivity index (χ4n) is 0.916. The molecule has 1 atom stereocenters. The lowest BCUT2D eigenvalue weighted by Crippen LogP contribution is -2.36. The third-order valence-corrected chi connectivity index (χ3v) is 2.20. The zero-order valence-corrected chi connectivity index (χ0v) is 9.75. The smallest absolute Gasteiger partial charge is 0.241 e. The molecule has 0 heterocycles. The molecule has 0 saturated heterocycles. The monoisotopic (exact) mass is 215 g/mol. The van der Waals surface area contributed by atoms with Crippen LogP contribution in [0.1, 0.15) is 19.8 Å². The van der Waals surface area contributed by atoms with Crippen molar-refractivity contribution in [2.75, 3.05) is 27.2 Å². The van der Waals surface area contributed by atoms with Gasteiger partial charge < -0.3 is 16.0 Å². The van der Waals surface area contributed by atoms with Crippen molar-refractivity contribution >= 4 is 11.8 Å². The van der Waals surface area contributed by atoms with E-state index in [1.165, 1.54) is 4.90 Å². The van der Waals surface area contributed by atoms with E-state index in [0.29, 0.717) is 18.9 Å². The second kappa shape index (κ2) is 7.23. The molecule has 3 N–H and O–H groups in total. The van der Waals surface area contributed by atoms with E-state index in [9.17, 15) is 9.59 Å². The molecule has 0 rings (SSSR count). The van der Waals surface area contributed by atoms with Crippen LogP contribution in [0, 0.1) is 5.92 Å². The summed E-state index contributed by atoms with van der Waals surface area (Å²) in [5, 5.41) is 2.57. The van der Waals surface area contributed by atoms with Gasteiger partial charge in [0, 0.05) is 20.5 Å². The maximum Gasteiger partial charge on any atom is 0.241 e. The summed E-state index contributed by atoms with van der Waals surface area (Å²) in [6.45, 7) is 2.66. The van der Waals surface area contributed by atoms with Crippen molar-refractivity contribution in [3.05, 3.63) is 0 Å². The van der Waals surface area contributed by atoms with Crippen LogP contribution in [0.15, 0.2) is 0 Å². The first-order chi connectivity index (χ1) is 6.97. The van der Waals surface area contributed by atoms with Crippen LogP contribution >= 0.6 is 0 Å². The van der Waals surface area contributed by atoms with E-state index in [-0.39, 0.29) is 18.4 Å². The molecule has 0 aliphatic heterocycles. The fourth-order valence-corrected chi connectivity index (χ4v) is 0.916. The highest BCUT2D eigenvalue weighted by atomic mass is 16.2. The number of nitrogens with zero attached hydrogens (tertiary/aromatic N) is 1. The Hall–Kier alpha value is -1.10. The van der Waals surface area contributed by atoms with Crippen LogP contribution in [0.4, 0.5) is 0 Å². The average molecular weight is 215 g/mol. The van der Waals surface area contributed by atoms with Crippen LogP contribution in [0.3, 0.4) is 0 Å². The normalized spacial score (nSPS) is 12.0. The summed E-state index contributed by atoms with van der Waals surface area (Å²) in [5.41, 5.74) is 5.43. The van der Waals surface area contributed by atoms with Crippen molar-refractivity contribution in [1.82, 2.24) is 10.2 Å². The zero-order chi connectivity index (χ0) is 11.8. The number of carbonyl (C=O) groups excluding carboxylic acids is 2. The van der Waals surface area contributed by atoms with E-state index in [0.717, 1.165) is 6.42 Å². The largest absolute Gasteiger partial charge is 0.347 e. The van der Waals surface area contributed by atoms with Crippen LogP contribution in [0.5, 0.6) is 0 Å². The molecule has 1 unspecified atom stereocenters. The fraction of sp³-hybridized carbons (Fsp3) is 0.800. The molecule has 5 heteroatoms. The molecule has 0 aliphatic carbocycles. The number of rotatable bonds is 6. The summed E-state index contributed by atoms with van der Waals surface area (Å²) < 4.78 is 0. The molecule has 88 valence electrons. The summed E-state index contributed by atoms with van der Waals surface area (Å²) in [6.07, 6.45) is 1.19. The molecule has 0 bridgehead atoms. The highest BCUT2D eigenvalue weighted by Crippen LogP contribution is 2.02. The molecule has 0 fully saturated rings. The third-order valence-electron chi connectivity index (χ3n) is 2.20. The van der Waals surface area contributed by atoms with Gasteiger partial charge in [0.2, 0.25) is 11.8 Å². The maximum absolute atomic E-state index is 11.3. The van der Waals surface area contributed by atoms with Gasteiger partial charge >= 0.3 is 0 Å². The summed E-state index contributed by atoms with van der Waals surface area (Å²) in [6, 6.07) is 0. The maximum atomic E-state index is 11.3. The first kappa shape index (κ1) is 13.9. The van der Waals surface area contributed by atoms with Gasteiger partial charge in [0.25, 0.3) is 0 Å². The van der Waals surface area contributed by atoms with E-state index >= 15 is 0 Å². The number of amides is 2. The lowest BCUT2D eigenvalue weighted by Gasteiger charge is -2.11. The van der Waals surface area contributed by atoms with Gasteiger partial charge in [-0.25, -0.2) is 0 Å². The van der Waals surface area contributed by atoms with Gasteiger partial charge in [-0.1, -0.05) is 6.92 Å². The SMILES string of the molecule is CC(CN)CCC(=O)NCC(=O)N(C)C. The Labute approximate surface area is 91.0 Å². The second-order valence-electron chi connectivity index (χ2n) is 3.94. The Morgan fingerprint density at radius 2 is 2.00 bits per heavy atom. The van der Waals surface area contributed by atoms with Crippen LogP contribution in [-0.4, -0.2) is 43.9 Å². The summed E-state index contributed by atoms with van der Waals surface area (Å²) in [5.74, 6) is 0.154. The Morgan fingerprint density at radius 3 is 2.47 bits per heavy atom. The number of nitrogens with two attached hydrogens (primary N) is 1. The lowest BCUT2D eigenvalue weighted by molar-refractivity contribution is -0.130. The van der Waals surface area contributed by atoms with Crippen molar-refractivity contribution in [3.63, 3.8) is 0 Å². The number of hydrogen-bond acceptors (Lipinski definition) is 3. The van der Waals surface area contributed by atoms with Crippen molar-refractivity contribution < 1.29 is 9.59 Å². The van der Waals surface area contributed by atoms with Gasteiger partial charge in [0.05, 0.1) is 6.54 Å². The highest BCUT2D eigenvalue weighted by molar-refractivity contribution is 5.84. The molecule has 5 nitrogen and oxygen atoms in total. The van der Waals surface area contributed by atoms with Crippen molar-refractivity contribution in [2.24, 2.45) is 11.7 Å². The predicted octanol–water partition coefficient (Wildman–Crippen LogP) is -0.434. The highest BCUT2D eigenvalue weighted by Gasteiger charge is 2.08. The standard InChI is InChI=1S/C10H21N3O2/c1-8(6-11)4-5-9(14)12-7-10(15)13(2)3/h8H,4-7,11H2,1-3H3,(H,12,14). The van der Waals surface area contributed by atoms with E-state index in [1.54, 1.807) is 14.1 Å². The summed E-state index contributed by atoms with van der Waals surface area (Å²) in [4.78, 5) is 23.8. The van der Waals surface area contributed by atoms with Gasteiger partial charge in [0.1, 0.15) is 0 Å². The molecular formula is C10H21N3O2. The molecule has 15 heavy (non-hydrogen) atoms. The van der Waals surface area contributed by atoms with E-state index in [4.69, 9.17) is 5.73 Å². The van der Waals surface area contributed by atoms with Crippen molar-refractivity contribution in [2.45, 2.75) is 19.8 Å². The van der Waals surface area contributed by atoms with Gasteiger partial charge in [-0.05, 0) is 18.9 Å². The van der Waals surface area contributed by atoms with Crippen molar-refractivity contribution in [3.8, 4) is 0 Å². The zero-order valence-electron chi connectivity index (χ0n) is 9.75. The van der Waals surface area contributed by atoms with E-state index in [1.807, 2.05) is 6.92 Å². The molecule has 0 aromatic heterocycles. The molecule has 0 spiro atoms. The van der Waals surface area contributed by atoms with Crippen LogP contribution in [-0.2, 0) is 9.59 Å². The third kappa shape index (κ3) is 6.90. The first-order valence-corrected chi connectivity index (χ1v) is 5.14. The van der Waals surface area contributed by atoms with Crippen LogP contribution in [0.25, 0.3) is 0 Å². The van der Waals surface area contributed by atoms with Crippen LogP contribution < -0.4 is 11.1 Å². The Kier molecular flexibility index (Phi) is 6.70. The molecule has 0 aliphatic rings. The minimum absolute atomic E-state index is 0.0723. The van der Waals surface area contributed by atoms with Crippen molar-refractivity contribution in [1.29, 1.82) is 0 Å². The lowest BCUT2D eigenvalue weighted by atomic mass is 10.1. The molecular weight excluding hydrogens is 194 g/mol. The van der Waals surface area contributed by atoms with E-state index in [2.05, 4.69) is 5.32 Å². The average Bonchev–Trinajstić information content (AvgIpc) is 2.21. The predicted molar refractivity (Wildman–Crippen MR) is 59.2 cm³/mol. The molecule has 0 aromatic carbocycles. The Bertz CT molecular complexity index is 217. The van der Waals surface area contributed by atoms with Gasteiger partial charge in [-0.3, -0.25) is 9.59 Å². The molecule has 2 amide bonds. The van der Waals surface area contributed by atoms with E-state index < -0.39 is 0 Å². The summed E-state index contributed by atoms with van der Waals surface area (Å²) in [7, 11) is 3.32. The van der Waals surface area contributed by atoms with Gasteiger partial charge in [-0.15, -0.1) is 0 Å². The Morgan fingerprint density at radius 1 is 1.40 bits per heavy atom. The Balaban J connectivity index is 3.62. The van der Waals surface area contributed by atoms with Crippen LogP contribution in [0.2, 0.25) is 0 Å². The molecule has 0 aromatic rings. The number of hydrogen-bond donors (Lipinski definition) is 2. The second-order valence-corrected chi connectivity index (χ2v) is 3.94. The van der Waals surface area contributed by atoms with Gasteiger partial charge in [-0.2, -0.15) is 0 Å². The minimum atomic E-state index is -0.102. The molecule has 0 radical (unpaired) electrons. The quantitative estimate of drug-likeness (QED) is 0.631. The summed E-state index contributed by atoms with van der Waals surface area (Å²) >= 11 is 0. The first-order valence-electron chi connectivity index (χ1n) is 5.14. The topological polar surface area (TPSA) is 75.4 Å². The minimum Gasteiger partial charge on any atom is -0.347 e. The number of carbonyl (C=O) groups is 2. The van der Waals surface area contributed by atoms with Gasteiger partial charge in [0.15, 0.2) is 0 Å². The number of nitrogens with one attached hydrogen (secondary N) is 1.